The first kappa shape index (κ1) is 34.8. The number of hydrogen-bond acceptors (Lipinski definition) is 7. The number of carbonyl (C=O) groups excluding carboxylic acids is 3. The van der Waals surface area contributed by atoms with E-state index in [4.69, 9.17) is 14.1 Å². The van der Waals surface area contributed by atoms with Gasteiger partial charge in [-0.15, -0.1) is 0 Å². The van der Waals surface area contributed by atoms with E-state index >= 15 is 0 Å². The minimum atomic E-state index is -0.941. The van der Waals surface area contributed by atoms with Gasteiger partial charge in [0, 0.05) is 66.3 Å². The molecule has 5 heterocycles. The van der Waals surface area contributed by atoms with Crippen molar-refractivity contribution in [3.8, 4) is 11.3 Å². The molecule has 2 saturated heterocycles. The molecule has 9 rings (SSSR count). The second-order valence-corrected chi connectivity index (χ2v) is 14.7. The van der Waals surface area contributed by atoms with Gasteiger partial charge < -0.3 is 29.6 Å². The van der Waals surface area contributed by atoms with Gasteiger partial charge in [-0.25, -0.2) is 18.2 Å². The molecule has 0 unspecified atom stereocenters. The molecule has 55 heavy (non-hydrogen) atoms. The van der Waals surface area contributed by atoms with E-state index in [1.807, 2.05) is 6.07 Å². The number of carbonyl (C=O) groups is 3. The molecule has 0 bridgehead atoms. The fourth-order valence-corrected chi connectivity index (χ4v) is 8.18. The molecule has 4 aliphatic rings. The molecular formula is C42H36F3N5O5. The van der Waals surface area contributed by atoms with Crippen LogP contribution in [0.15, 0.2) is 77.2 Å². The van der Waals surface area contributed by atoms with Gasteiger partial charge in [0.15, 0.2) is 5.76 Å². The molecule has 0 atom stereocenters. The standard InChI is InChI=1S/C42H36F3N5O5/c43-27-9-12-29-34(21-27)50(16-13-26-20-35(55-37(26)29)40(52)48-36-31(44)4-2-5-32(36)45)41(53)24-7-10-28(11-8-24)46-39(51)30-19-25-3-1-6-33(25)47-38(30)49-22-42(23-49)14-17-54-18-15-42/h2,4-5,7-12,19-21H,1,3,6,13-18,22-23H2,(H,46,51)(H,48,52). The highest BCUT2D eigenvalue weighted by molar-refractivity contribution is 6.10. The number of ether oxygens (including phenoxy) is 1. The number of pyridine rings is 1. The summed E-state index contributed by atoms with van der Waals surface area (Å²) in [5.41, 5.74) is 4.25. The summed E-state index contributed by atoms with van der Waals surface area (Å²) in [4.78, 5) is 49.5. The molecule has 13 heteroatoms. The molecule has 1 aliphatic carbocycles. The Labute approximate surface area is 314 Å². The number of aryl methyl sites for hydroxylation is 2. The number of anilines is 4. The Morgan fingerprint density at radius 1 is 0.800 bits per heavy atom. The van der Waals surface area contributed by atoms with E-state index in [1.54, 1.807) is 24.3 Å². The van der Waals surface area contributed by atoms with Gasteiger partial charge in [-0.2, -0.15) is 0 Å². The van der Waals surface area contributed by atoms with Gasteiger partial charge in [0.2, 0.25) is 0 Å². The third-order valence-corrected chi connectivity index (χ3v) is 11.1. The predicted octanol–water partition coefficient (Wildman–Crippen LogP) is 7.57. The van der Waals surface area contributed by atoms with Crippen molar-refractivity contribution in [2.75, 3.05) is 53.3 Å². The van der Waals surface area contributed by atoms with Crippen LogP contribution < -0.4 is 20.4 Å². The summed E-state index contributed by atoms with van der Waals surface area (Å²) < 4.78 is 54.6. The van der Waals surface area contributed by atoms with E-state index in [1.165, 1.54) is 35.2 Å². The average Bonchev–Trinajstić information content (AvgIpc) is 3.79. The van der Waals surface area contributed by atoms with Crippen LogP contribution in [0.1, 0.15) is 67.4 Å². The summed E-state index contributed by atoms with van der Waals surface area (Å²) >= 11 is 0. The maximum Gasteiger partial charge on any atom is 0.291 e. The Morgan fingerprint density at radius 3 is 2.33 bits per heavy atom. The van der Waals surface area contributed by atoms with E-state index in [2.05, 4.69) is 15.5 Å². The first-order valence-corrected chi connectivity index (χ1v) is 18.4. The van der Waals surface area contributed by atoms with Gasteiger partial charge in [0.25, 0.3) is 17.7 Å². The summed E-state index contributed by atoms with van der Waals surface area (Å²) in [5, 5.41) is 5.22. The third kappa shape index (κ3) is 6.41. The number of amides is 3. The number of para-hydroxylation sites is 1. The molecule has 3 amide bonds. The maximum absolute atomic E-state index is 14.7. The monoisotopic (exact) mass is 747 g/mol. The molecule has 3 aromatic carbocycles. The SMILES string of the molecule is O=C(Nc1c(F)cccc1F)c1cc2c(o1)-c1ccc(F)cc1N(C(=O)c1ccc(NC(=O)c3cc4c(nc3N3CC5(CCOCC5)C3)CCC4)cc1)CC2. The fourth-order valence-electron chi connectivity index (χ4n) is 8.18. The zero-order valence-corrected chi connectivity index (χ0v) is 29.7. The van der Waals surface area contributed by atoms with Crippen molar-refractivity contribution >= 4 is 40.6 Å². The van der Waals surface area contributed by atoms with Gasteiger partial charge in [-0.1, -0.05) is 6.07 Å². The van der Waals surface area contributed by atoms with Crippen LogP contribution in [-0.2, 0) is 24.0 Å². The Hall–Kier alpha value is -5.95. The summed E-state index contributed by atoms with van der Waals surface area (Å²) in [7, 11) is 0. The topological polar surface area (TPSA) is 117 Å². The summed E-state index contributed by atoms with van der Waals surface area (Å²) in [6.07, 6.45) is 5.05. The lowest BCUT2D eigenvalue weighted by Gasteiger charge is -2.53. The molecule has 0 radical (unpaired) electrons. The minimum Gasteiger partial charge on any atom is -0.451 e. The lowest BCUT2D eigenvalue weighted by atomic mass is 9.73. The number of halogens is 3. The number of fused-ring (bicyclic) bond motifs is 4. The smallest absolute Gasteiger partial charge is 0.291 e. The Kier molecular flexibility index (Phi) is 8.68. The van der Waals surface area contributed by atoms with E-state index in [0.717, 1.165) is 81.8 Å². The first-order chi connectivity index (χ1) is 26.6. The molecule has 280 valence electrons. The van der Waals surface area contributed by atoms with E-state index < -0.39 is 35.0 Å². The normalized spacial score (nSPS) is 16.8. The van der Waals surface area contributed by atoms with Crippen molar-refractivity contribution in [3.63, 3.8) is 0 Å². The predicted molar refractivity (Wildman–Crippen MR) is 199 cm³/mol. The highest BCUT2D eigenvalue weighted by atomic mass is 19.1. The molecule has 3 aliphatic heterocycles. The van der Waals surface area contributed by atoms with Gasteiger partial charge in [0.1, 0.15) is 34.7 Å². The van der Waals surface area contributed by atoms with Crippen LogP contribution >= 0.6 is 0 Å². The lowest BCUT2D eigenvalue weighted by Crippen LogP contribution is -2.59. The van der Waals surface area contributed by atoms with Crippen molar-refractivity contribution in [1.29, 1.82) is 0 Å². The minimum absolute atomic E-state index is 0.113. The van der Waals surface area contributed by atoms with Crippen molar-refractivity contribution in [2.24, 2.45) is 5.41 Å². The number of benzene rings is 3. The van der Waals surface area contributed by atoms with Gasteiger partial charge in [0.05, 0.1) is 11.3 Å². The van der Waals surface area contributed by atoms with Gasteiger partial charge in [-0.05, 0) is 111 Å². The van der Waals surface area contributed by atoms with Crippen molar-refractivity contribution in [3.05, 3.63) is 124 Å². The van der Waals surface area contributed by atoms with Crippen molar-refractivity contribution in [2.45, 2.75) is 38.5 Å². The Morgan fingerprint density at radius 2 is 1.56 bits per heavy atom. The zero-order valence-electron chi connectivity index (χ0n) is 29.7. The summed E-state index contributed by atoms with van der Waals surface area (Å²) in [6.45, 7) is 3.32. The number of hydrogen-bond donors (Lipinski definition) is 2. The Bertz CT molecular complexity index is 2340. The molecule has 2 N–H and O–H groups in total. The third-order valence-electron chi connectivity index (χ3n) is 11.1. The van der Waals surface area contributed by atoms with Crippen LogP contribution in [0.2, 0.25) is 0 Å². The molecule has 2 aromatic heterocycles. The van der Waals surface area contributed by atoms with Gasteiger partial charge in [-0.3, -0.25) is 14.4 Å². The van der Waals surface area contributed by atoms with Crippen LogP contribution in [-0.4, -0.2) is 55.6 Å². The largest absolute Gasteiger partial charge is 0.451 e. The van der Waals surface area contributed by atoms with E-state index in [-0.39, 0.29) is 41.5 Å². The van der Waals surface area contributed by atoms with Crippen LogP contribution in [0.25, 0.3) is 11.3 Å². The first-order valence-electron chi connectivity index (χ1n) is 18.4. The van der Waals surface area contributed by atoms with E-state index in [0.29, 0.717) is 33.8 Å². The van der Waals surface area contributed by atoms with E-state index in [9.17, 15) is 27.6 Å². The number of nitrogens with zero attached hydrogens (tertiary/aromatic N) is 3. The molecular weight excluding hydrogens is 711 g/mol. The second-order valence-electron chi connectivity index (χ2n) is 14.7. The fraction of sp³-hybridized carbons (Fsp3) is 0.286. The van der Waals surface area contributed by atoms with Crippen molar-refractivity contribution < 1.29 is 36.7 Å². The molecule has 1 spiro atoms. The van der Waals surface area contributed by atoms with Crippen molar-refractivity contribution in [1.82, 2.24) is 4.98 Å². The maximum atomic E-state index is 14.7. The average molecular weight is 748 g/mol. The molecule has 10 nitrogen and oxygen atoms in total. The molecule has 2 fully saturated rings. The van der Waals surface area contributed by atoms with Crippen LogP contribution in [0.4, 0.5) is 36.1 Å². The van der Waals surface area contributed by atoms with Gasteiger partial charge >= 0.3 is 0 Å². The Balaban J connectivity index is 0.930. The molecule has 0 saturated carbocycles. The van der Waals surface area contributed by atoms with Crippen LogP contribution in [0.5, 0.6) is 0 Å². The highest BCUT2D eigenvalue weighted by Crippen LogP contribution is 2.44. The highest BCUT2D eigenvalue weighted by Gasteiger charge is 2.45. The second kappa shape index (κ2) is 13.7. The number of rotatable bonds is 6. The number of aromatic nitrogens is 1. The lowest BCUT2D eigenvalue weighted by molar-refractivity contribution is -0.000521. The summed E-state index contributed by atoms with van der Waals surface area (Å²) in [5.74, 6) is -3.27. The summed E-state index contributed by atoms with van der Waals surface area (Å²) in [6, 6.07) is 17.1. The number of furan rings is 1. The zero-order chi connectivity index (χ0) is 37.8. The van der Waals surface area contributed by atoms with Crippen LogP contribution in [0.3, 0.4) is 0 Å². The van der Waals surface area contributed by atoms with Crippen LogP contribution in [0, 0.1) is 22.9 Å². The molecule has 5 aromatic rings. The quantitative estimate of drug-likeness (QED) is 0.184. The number of nitrogens with one attached hydrogen (secondary N) is 2.